The van der Waals surface area contributed by atoms with Crippen molar-refractivity contribution in [2.45, 2.75) is 20.3 Å². The van der Waals surface area contributed by atoms with Crippen LogP contribution in [0.4, 0.5) is 5.82 Å². The van der Waals surface area contributed by atoms with Crippen molar-refractivity contribution < 1.29 is 4.42 Å². The molecule has 0 aliphatic rings. The molecule has 96 valence electrons. The normalized spacial score (nSPS) is 10.7. The smallest absolute Gasteiger partial charge is 0.128 e. The van der Waals surface area contributed by atoms with Crippen LogP contribution in [0.3, 0.4) is 0 Å². The van der Waals surface area contributed by atoms with E-state index in [0.29, 0.717) is 0 Å². The van der Waals surface area contributed by atoms with Gasteiger partial charge in [0.15, 0.2) is 0 Å². The molecule has 0 saturated heterocycles. The Labute approximate surface area is 116 Å². The lowest BCUT2D eigenvalue weighted by molar-refractivity contribution is 0.483. The van der Waals surface area contributed by atoms with Gasteiger partial charge in [0, 0.05) is 24.5 Å². The lowest BCUT2D eigenvalue weighted by Gasteiger charge is -2.18. The highest BCUT2D eigenvalue weighted by molar-refractivity contribution is 9.10. The Hall–Kier alpha value is -1.29. The first-order chi connectivity index (χ1) is 8.56. The third-order valence-electron chi connectivity index (χ3n) is 2.89. The van der Waals surface area contributed by atoms with Crippen LogP contribution in [0.15, 0.2) is 33.2 Å². The van der Waals surface area contributed by atoms with Crippen molar-refractivity contribution in [1.29, 1.82) is 0 Å². The summed E-state index contributed by atoms with van der Waals surface area (Å²) in [5.41, 5.74) is 1.01. The average Bonchev–Trinajstić information content (AvgIpc) is 2.75. The highest BCUT2D eigenvalue weighted by atomic mass is 79.9. The van der Waals surface area contributed by atoms with E-state index in [2.05, 4.69) is 25.8 Å². The number of hydrogen-bond donors (Lipinski definition) is 0. The molecule has 2 aromatic rings. The number of likely N-dealkylation sites (N-methyl/N-ethyl adjacent to an activating group) is 1. The van der Waals surface area contributed by atoms with E-state index >= 15 is 0 Å². The van der Waals surface area contributed by atoms with Gasteiger partial charge >= 0.3 is 0 Å². The van der Waals surface area contributed by atoms with Gasteiger partial charge in [-0.1, -0.05) is 0 Å². The second-order valence-electron chi connectivity index (χ2n) is 4.42. The molecule has 0 N–H and O–H groups in total. The molecule has 0 aliphatic carbocycles. The highest BCUT2D eigenvalue weighted by Gasteiger charge is 2.06. The molecule has 18 heavy (non-hydrogen) atoms. The van der Waals surface area contributed by atoms with Gasteiger partial charge in [0.05, 0.1) is 5.69 Å². The summed E-state index contributed by atoms with van der Waals surface area (Å²) in [5, 5.41) is 0. The van der Waals surface area contributed by atoms with Crippen molar-refractivity contribution in [3.05, 3.63) is 46.0 Å². The summed E-state index contributed by atoms with van der Waals surface area (Å²) in [6, 6.07) is 8.08. The van der Waals surface area contributed by atoms with E-state index in [1.54, 1.807) is 0 Å². The molecule has 0 bridgehead atoms. The first-order valence-corrected chi connectivity index (χ1v) is 6.75. The number of pyridine rings is 1. The summed E-state index contributed by atoms with van der Waals surface area (Å²) < 4.78 is 6.60. The highest BCUT2D eigenvalue weighted by Crippen LogP contribution is 2.18. The SMILES string of the molecule is Cc1ccc(CCN(C)c2ccc(Br)c(C)n2)o1. The van der Waals surface area contributed by atoms with Crippen LogP contribution in [-0.2, 0) is 6.42 Å². The minimum Gasteiger partial charge on any atom is -0.466 e. The summed E-state index contributed by atoms with van der Waals surface area (Å²) in [5.74, 6) is 2.97. The molecule has 2 aromatic heterocycles. The number of rotatable bonds is 4. The van der Waals surface area contributed by atoms with Gasteiger partial charge in [-0.2, -0.15) is 0 Å². The summed E-state index contributed by atoms with van der Waals surface area (Å²) in [6.45, 7) is 4.85. The third kappa shape index (κ3) is 3.13. The fourth-order valence-corrected chi connectivity index (χ4v) is 1.98. The number of anilines is 1. The molecule has 2 heterocycles. The number of hydrogen-bond acceptors (Lipinski definition) is 3. The second-order valence-corrected chi connectivity index (χ2v) is 5.27. The first kappa shape index (κ1) is 13.1. The van der Waals surface area contributed by atoms with Gasteiger partial charge < -0.3 is 9.32 Å². The quantitative estimate of drug-likeness (QED) is 0.862. The molecule has 3 nitrogen and oxygen atoms in total. The van der Waals surface area contributed by atoms with Crippen LogP contribution in [0.2, 0.25) is 0 Å². The van der Waals surface area contributed by atoms with Gasteiger partial charge in [-0.05, 0) is 54.0 Å². The number of halogens is 1. The van der Waals surface area contributed by atoms with Crippen molar-refractivity contribution in [2.24, 2.45) is 0 Å². The van der Waals surface area contributed by atoms with E-state index in [4.69, 9.17) is 4.42 Å². The first-order valence-electron chi connectivity index (χ1n) is 5.96. The number of furan rings is 1. The molecule has 0 atom stereocenters. The molecular weight excluding hydrogens is 292 g/mol. The van der Waals surface area contributed by atoms with Crippen molar-refractivity contribution >= 4 is 21.7 Å². The molecule has 0 amide bonds. The molecule has 2 rings (SSSR count). The zero-order valence-corrected chi connectivity index (χ0v) is 12.5. The van der Waals surface area contributed by atoms with Crippen LogP contribution >= 0.6 is 15.9 Å². The molecule has 4 heteroatoms. The molecule has 0 aliphatic heterocycles. The molecule has 0 unspecified atom stereocenters. The van der Waals surface area contributed by atoms with Crippen LogP contribution in [0.25, 0.3) is 0 Å². The van der Waals surface area contributed by atoms with Crippen molar-refractivity contribution in [3.8, 4) is 0 Å². The van der Waals surface area contributed by atoms with Crippen molar-refractivity contribution in [3.63, 3.8) is 0 Å². The van der Waals surface area contributed by atoms with Gasteiger partial charge in [0.2, 0.25) is 0 Å². The summed E-state index contributed by atoms with van der Waals surface area (Å²) in [6.07, 6.45) is 0.890. The van der Waals surface area contributed by atoms with E-state index in [1.807, 2.05) is 45.2 Å². The fourth-order valence-electron chi connectivity index (χ4n) is 1.76. The molecule has 0 radical (unpaired) electrons. The monoisotopic (exact) mass is 308 g/mol. The lowest BCUT2D eigenvalue weighted by Crippen LogP contribution is -2.21. The van der Waals surface area contributed by atoms with E-state index in [0.717, 1.165) is 40.5 Å². The minimum atomic E-state index is 0.890. The zero-order valence-electron chi connectivity index (χ0n) is 10.9. The van der Waals surface area contributed by atoms with E-state index in [-0.39, 0.29) is 0 Å². The summed E-state index contributed by atoms with van der Waals surface area (Å²) in [4.78, 5) is 6.67. The Morgan fingerprint density at radius 2 is 2.00 bits per heavy atom. The van der Waals surface area contributed by atoms with Crippen molar-refractivity contribution in [1.82, 2.24) is 4.98 Å². The maximum absolute atomic E-state index is 5.56. The van der Waals surface area contributed by atoms with Crippen LogP contribution in [0, 0.1) is 13.8 Å². The summed E-state index contributed by atoms with van der Waals surface area (Å²) in [7, 11) is 2.05. The Kier molecular flexibility index (Phi) is 4.07. The molecule has 0 fully saturated rings. The predicted molar refractivity (Wildman–Crippen MR) is 77.1 cm³/mol. The van der Waals surface area contributed by atoms with Crippen LogP contribution < -0.4 is 4.90 Å². The van der Waals surface area contributed by atoms with Crippen molar-refractivity contribution in [2.75, 3.05) is 18.5 Å². The number of aryl methyl sites for hydroxylation is 2. The molecule has 0 spiro atoms. The van der Waals surface area contributed by atoms with Gasteiger partial charge in [-0.15, -0.1) is 0 Å². The van der Waals surface area contributed by atoms with Crippen LogP contribution in [0.1, 0.15) is 17.2 Å². The lowest BCUT2D eigenvalue weighted by atomic mass is 10.3. The Morgan fingerprint density at radius 1 is 1.22 bits per heavy atom. The Balaban J connectivity index is 1.99. The molecule has 0 saturated carbocycles. The van der Waals surface area contributed by atoms with Gasteiger partial charge in [-0.25, -0.2) is 4.98 Å². The van der Waals surface area contributed by atoms with Gasteiger partial charge in [-0.3, -0.25) is 0 Å². The van der Waals surface area contributed by atoms with E-state index < -0.39 is 0 Å². The molecular formula is C14H17BrN2O. The van der Waals surface area contributed by atoms with E-state index in [9.17, 15) is 0 Å². The molecule has 0 aromatic carbocycles. The maximum atomic E-state index is 5.56. The summed E-state index contributed by atoms with van der Waals surface area (Å²) >= 11 is 3.46. The van der Waals surface area contributed by atoms with Gasteiger partial charge in [0.1, 0.15) is 17.3 Å². The Bertz CT molecular complexity index is 536. The largest absolute Gasteiger partial charge is 0.466 e. The van der Waals surface area contributed by atoms with Crippen LogP contribution in [-0.4, -0.2) is 18.6 Å². The zero-order chi connectivity index (χ0) is 13.1. The average molecular weight is 309 g/mol. The second kappa shape index (κ2) is 5.57. The number of nitrogens with zero attached hydrogens (tertiary/aromatic N) is 2. The van der Waals surface area contributed by atoms with Crippen LogP contribution in [0.5, 0.6) is 0 Å². The fraction of sp³-hybridized carbons (Fsp3) is 0.357. The third-order valence-corrected chi connectivity index (χ3v) is 3.73. The maximum Gasteiger partial charge on any atom is 0.128 e. The Morgan fingerprint density at radius 3 is 2.61 bits per heavy atom. The predicted octanol–water partition coefficient (Wildman–Crippen LogP) is 3.73. The standard InChI is InChI=1S/C14H17BrN2O/c1-10-4-5-12(18-10)8-9-17(3)14-7-6-13(15)11(2)16-14/h4-7H,8-9H2,1-3H3. The minimum absolute atomic E-state index is 0.890. The number of aromatic nitrogens is 1. The van der Waals surface area contributed by atoms with Gasteiger partial charge in [0.25, 0.3) is 0 Å². The van der Waals surface area contributed by atoms with E-state index in [1.165, 1.54) is 0 Å². The topological polar surface area (TPSA) is 29.3 Å².